The lowest BCUT2D eigenvalue weighted by Gasteiger charge is -2.16. The minimum absolute atomic E-state index is 0.295. The molecule has 1 aromatic heterocycles. The molecule has 4 rings (SSSR count). The molecule has 0 aliphatic rings. The van der Waals surface area contributed by atoms with Crippen LogP contribution in [-0.4, -0.2) is 19.8 Å². The Bertz CT molecular complexity index is 1290. The molecular weight excluding hydrogens is 412 g/mol. The molecule has 4 aromatic rings. The molecule has 31 heavy (non-hydrogen) atoms. The number of benzene rings is 3. The smallest absolute Gasteiger partial charge is 0.368 e. The Morgan fingerprint density at radius 1 is 1.00 bits per heavy atom. The predicted molar refractivity (Wildman–Crippen MR) is 122 cm³/mol. The second-order valence-corrected chi connectivity index (χ2v) is 7.78. The van der Waals surface area contributed by atoms with E-state index in [-0.39, 0.29) is 5.69 Å². The number of aromatic nitrogens is 4. The van der Waals surface area contributed by atoms with Gasteiger partial charge in [-0.15, -0.1) is 0 Å². The number of aryl methyl sites for hydroxylation is 3. The Kier molecular flexibility index (Phi) is 5.91. The molecule has 3 aromatic carbocycles. The molecule has 0 atom stereocenters. The molecule has 1 heterocycles. The topological polar surface area (TPSA) is 61.9 Å². The maximum atomic E-state index is 12.4. The maximum absolute atomic E-state index is 12.4. The lowest BCUT2D eigenvalue weighted by Crippen LogP contribution is -2.23. The number of nitrogens with zero attached hydrogens (tertiary/aromatic N) is 4. The molecule has 0 N–H and O–H groups in total. The van der Waals surface area contributed by atoms with E-state index in [0.717, 1.165) is 40.0 Å². The van der Waals surface area contributed by atoms with Crippen molar-refractivity contribution in [3.63, 3.8) is 0 Å². The highest BCUT2D eigenvalue weighted by molar-refractivity contribution is 6.30. The molecule has 0 amide bonds. The van der Waals surface area contributed by atoms with Gasteiger partial charge in [0.05, 0.1) is 5.69 Å². The summed E-state index contributed by atoms with van der Waals surface area (Å²) in [6.07, 6.45) is 0.814. The van der Waals surface area contributed by atoms with Gasteiger partial charge in [0.25, 0.3) is 0 Å². The average Bonchev–Trinajstić information content (AvgIpc) is 3.10. The molecule has 0 spiro atoms. The van der Waals surface area contributed by atoms with Crippen molar-refractivity contribution < 1.29 is 4.74 Å². The van der Waals surface area contributed by atoms with E-state index in [9.17, 15) is 4.79 Å². The van der Waals surface area contributed by atoms with E-state index in [4.69, 9.17) is 16.3 Å². The van der Waals surface area contributed by atoms with Crippen LogP contribution in [0.15, 0.2) is 65.5 Å². The lowest BCUT2D eigenvalue weighted by atomic mass is 10.0. The monoisotopic (exact) mass is 434 g/mol. The van der Waals surface area contributed by atoms with Crippen molar-refractivity contribution in [2.45, 2.75) is 26.9 Å². The first kappa shape index (κ1) is 20.9. The fourth-order valence-corrected chi connectivity index (χ4v) is 3.78. The Morgan fingerprint density at radius 2 is 1.77 bits per heavy atom. The zero-order chi connectivity index (χ0) is 22.0. The summed E-state index contributed by atoms with van der Waals surface area (Å²) in [5.41, 5.74) is 5.57. The van der Waals surface area contributed by atoms with E-state index < -0.39 is 0 Å². The van der Waals surface area contributed by atoms with E-state index in [1.54, 1.807) is 7.05 Å². The molecule has 6 nitrogen and oxygen atoms in total. The van der Waals surface area contributed by atoms with Gasteiger partial charge in [0.1, 0.15) is 12.4 Å². The van der Waals surface area contributed by atoms with Crippen LogP contribution >= 0.6 is 11.6 Å². The number of rotatable bonds is 6. The van der Waals surface area contributed by atoms with Gasteiger partial charge in [-0.1, -0.05) is 48.9 Å². The van der Waals surface area contributed by atoms with E-state index >= 15 is 0 Å². The molecule has 0 saturated heterocycles. The molecule has 0 aliphatic heterocycles. The highest BCUT2D eigenvalue weighted by Crippen LogP contribution is 2.29. The largest absolute Gasteiger partial charge is 0.489 e. The zero-order valence-electron chi connectivity index (χ0n) is 17.7. The van der Waals surface area contributed by atoms with E-state index in [1.807, 2.05) is 61.5 Å². The summed E-state index contributed by atoms with van der Waals surface area (Å²) >= 11 is 6.13. The molecule has 0 saturated carbocycles. The van der Waals surface area contributed by atoms with Crippen molar-refractivity contribution in [2.75, 3.05) is 0 Å². The number of ether oxygens (including phenoxy) is 1. The molecule has 0 aliphatic carbocycles. The summed E-state index contributed by atoms with van der Waals surface area (Å²) in [5.74, 6) is 0.786. The summed E-state index contributed by atoms with van der Waals surface area (Å²) < 4.78 is 8.72. The van der Waals surface area contributed by atoms with Crippen LogP contribution in [0.4, 0.5) is 0 Å². The predicted octanol–water partition coefficient (Wildman–Crippen LogP) is 4.74. The summed E-state index contributed by atoms with van der Waals surface area (Å²) in [5, 5.41) is 8.54. The Balaban J connectivity index is 1.64. The third kappa shape index (κ3) is 4.25. The van der Waals surface area contributed by atoms with Crippen LogP contribution in [0.25, 0.3) is 16.8 Å². The second kappa shape index (κ2) is 8.78. The van der Waals surface area contributed by atoms with Gasteiger partial charge in [-0.2, -0.15) is 9.36 Å². The van der Waals surface area contributed by atoms with Crippen LogP contribution < -0.4 is 10.4 Å². The third-order valence-corrected chi connectivity index (χ3v) is 5.52. The summed E-state index contributed by atoms with van der Waals surface area (Å²) in [6.45, 7) is 4.41. The Morgan fingerprint density at radius 3 is 2.45 bits per heavy atom. The van der Waals surface area contributed by atoms with Crippen LogP contribution in [-0.2, 0) is 20.1 Å². The molecule has 0 bridgehead atoms. The van der Waals surface area contributed by atoms with Crippen LogP contribution in [0.1, 0.15) is 23.6 Å². The van der Waals surface area contributed by atoms with Crippen LogP contribution in [0.2, 0.25) is 5.02 Å². The zero-order valence-corrected chi connectivity index (χ0v) is 18.4. The quantitative estimate of drug-likeness (QED) is 0.440. The Hall–Kier alpha value is -3.38. The molecule has 7 heteroatoms. The van der Waals surface area contributed by atoms with Gasteiger partial charge in [0, 0.05) is 17.6 Å². The van der Waals surface area contributed by atoms with Gasteiger partial charge in [0.2, 0.25) is 0 Å². The Labute approximate surface area is 185 Å². The van der Waals surface area contributed by atoms with Crippen LogP contribution in [0.3, 0.4) is 0 Å². The lowest BCUT2D eigenvalue weighted by molar-refractivity contribution is 0.302. The average molecular weight is 435 g/mol. The number of hydrogen-bond acceptors (Lipinski definition) is 4. The van der Waals surface area contributed by atoms with Crippen molar-refractivity contribution in [3.05, 3.63) is 92.9 Å². The van der Waals surface area contributed by atoms with Crippen molar-refractivity contribution in [1.29, 1.82) is 0 Å². The SMILES string of the molecule is CCc1cccc(-n2nnn(C)c2=O)c1COc1ccc(-c2cccc(Cl)c2)cc1C. The first-order chi connectivity index (χ1) is 15.0. The number of hydrogen-bond donors (Lipinski definition) is 0. The van der Waals surface area contributed by atoms with Gasteiger partial charge in [-0.25, -0.2) is 4.79 Å². The summed E-state index contributed by atoms with van der Waals surface area (Å²) in [7, 11) is 1.58. The van der Waals surface area contributed by atoms with Crippen molar-refractivity contribution in [2.24, 2.45) is 7.05 Å². The minimum atomic E-state index is -0.295. The summed E-state index contributed by atoms with van der Waals surface area (Å²) in [4.78, 5) is 12.4. The summed E-state index contributed by atoms with van der Waals surface area (Å²) in [6, 6.07) is 19.7. The normalized spacial score (nSPS) is 11.0. The van der Waals surface area contributed by atoms with E-state index in [2.05, 4.69) is 23.4 Å². The highest BCUT2D eigenvalue weighted by atomic mass is 35.5. The fourth-order valence-electron chi connectivity index (χ4n) is 3.59. The van der Waals surface area contributed by atoms with Gasteiger partial charge >= 0.3 is 5.69 Å². The third-order valence-electron chi connectivity index (χ3n) is 5.28. The second-order valence-electron chi connectivity index (χ2n) is 7.34. The number of halogens is 1. The van der Waals surface area contributed by atoms with Gasteiger partial charge in [0.15, 0.2) is 0 Å². The standard InChI is InChI=1S/C24H23ClN4O2/c1-4-17-7-6-10-22(29-24(30)28(3)26-27-29)21(17)15-31-23-12-11-19(13-16(23)2)18-8-5-9-20(25)14-18/h5-14H,4,15H2,1-3H3. The first-order valence-electron chi connectivity index (χ1n) is 10.1. The van der Waals surface area contributed by atoms with Crippen molar-refractivity contribution in [1.82, 2.24) is 19.8 Å². The molecule has 0 fully saturated rings. The molecule has 0 radical (unpaired) electrons. The van der Waals surface area contributed by atoms with Crippen molar-refractivity contribution in [3.8, 4) is 22.6 Å². The number of tetrazole rings is 1. The van der Waals surface area contributed by atoms with E-state index in [1.165, 1.54) is 9.36 Å². The molecule has 0 unspecified atom stereocenters. The van der Waals surface area contributed by atoms with Gasteiger partial charge in [-0.05, 0) is 76.4 Å². The minimum Gasteiger partial charge on any atom is -0.489 e. The first-order valence-corrected chi connectivity index (χ1v) is 10.4. The van der Waals surface area contributed by atoms with Crippen LogP contribution in [0.5, 0.6) is 5.75 Å². The van der Waals surface area contributed by atoms with E-state index in [0.29, 0.717) is 17.3 Å². The maximum Gasteiger partial charge on any atom is 0.368 e. The van der Waals surface area contributed by atoms with Gasteiger partial charge in [-0.3, -0.25) is 0 Å². The van der Waals surface area contributed by atoms with Crippen LogP contribution in [0, 0.1) is 6.92 Å². The van der Waals surface area contributed by atoms with Gasteiger partial charge < -0.3 is 4.74 Å². The highest BCUT2D eigenvalue weighted by Gasteiger charge is 2.15. The molecular formula is C24H23ClN4O2. The molecule has 158 valence electrons. The fraction of sp³-hybridized carbons (Fsp3) is 0.208. The van der Waals surface area contributed by atoms with Crippen molar-refractivity contribution >= 4 is 11.6 Å².